The summed E-state index contributed by atoms with van der Waals surface area (Å²) >= 11 is 1.58. The van der Waals surface area contributed by atoms with Gasteiger partial charge in [0, 0.05) is 23.0 Å². The van der Waals surface area contributed by atoms with E-state index in [1.54, 1.807) is 23.5 Å². The summed E-state index contributed by atoms with van der Waals surface area (Å²) in [5.74, 6) is -0.206. The van der Waals surface area contributed by atoms with Crippen LogP contribution in [0.25, 0.3) is 10.6 Å². The molecule has 102 valence electrons. The van der Waals surface area contributed by atoms with E-state index < -0.39 is 0 Å². The SMILES string of the molecule is CCc1nc(-c2ccccc2F)sc1CNC(C)C. The normalized spacial score (nSPS) is 11.2. The van der Waals surface area contributed by atoms with Crippen LogP contribution in [0, 0.1) is 5.82 Å². The summed E-state index contributed by atoms with van der Waals surface area (Å²) in [4.78, 5) is 5.78. The van der Waals surface area contributed by atoms with Crippen LogP contribution in [0.15, 0.2) is 24.3 Å². The molecule has 2 rings (SSSR count). The fraction of sp³-hybridized carbons (Fsp3) is 0.400. The van der Waals surface area contributed by atoms with E-state index >= 15 is 0 Å². The van der Waals surface area contributed by atoms with E-state index in [9.17, 15) is 4.39 Å². The van der Waals surface area contributed by atoms with E-state index in [2.05, 4.69) is 31.1 Å². The van der Waals surface area contributed by atoms with Crippen LogP contribution in [0.1, 0.15) is 31.3 Å². The Labute approximate surface area is 117 Å². The van der Waals surface area contributed by atoms with Gasteiger partial charge < -0.3 is 5.32 Å². The quantitative estimate of drug-likeness (QED) is 0.894. The van der Waals surface area contributed by atoms with Crippen LogP contribution in [0.3, 0.4) is 0 Å². The number of aromatic nitrogens is 1. The maximum Gasteiger partial charge on any atom is 0.133 e. The smallest absolute Gasteiger partial charge is 0.133 e. The lowest BCUT2D eigenvalue weighted by molar-refractivity contribution is 0.590. The molecule has 0 saturated carbocycles. The second-order valence-corrected chi connectivity index (χ2v) is 5.84. The fourth-order valence-corrected chi connectivity index (χ4v) is 2.97. The van der Waals surface area contributed by atoms with Crippen molar-refractivity contribution in [3.05, 3.63) is 40.7 Å². The van der Waals surface area contributed by atoms with Crippen LogP contribution in [0.4, 0.5) is 4.39 Å². The standard InChI is InChI=1S/C15H19FN2S/c1-4-13-14(9-17-10(2)3)19-15(18-13)11-7-5-6-8-12(11)16/h5-8,10,17H,4,9H2,1-3H3. The van der Waals surface area contributed by atoms with Crippen molar-refractivity contribution in [1.29, 1.82) is 0 Å². The average Bonchev–Trinajstić information content (AvgIpc) is 2.80. The molecular formula is C15H19FN2S. The molecule has 4 heteroatoms. The van der Waals surface area contributed by atoms with Crippen molar-refractivity contribution in [2.24, 2.45) is 0 Å². The molecule has 0 radical (unpaired) electrons. The maximum absolute atomic E-state index is 13.8. The van der Waals surface area contributed by atoms with Crippen LogP contribution in [0.5, 0.6) is 0 Å². The Bertz CT molecular complexity index is 549. The number of nitrogens with zero attached hydrogens (tertiary/aromatic N) is 1. The fourth-order valence-electron chi connectivity index (χ4n) is 1.84. The Morgan fingerprint density at radius 2 is 2.05 bits per heavy atom. The van der Waals surface area contributed by atoms with Gasteiger partial charge in [-0.15, -0.1) is 11.3 Å². The van der Waals surface area contributed by atoms with Crippen LogP contribution in [-0.4, -0.2) is 11.0 Å². The average molecular weight is 278 g/mol. The molecule has 1 N–H and O–H groups in total. The van der Waals surface area contributed by atoms with Gasteiger partial charge in [-0.05, 0) is 18.6 Å². The summed E-state index contributed by atoms with van der Waals surface area (Å²) in [6, 6.07) is 7.25. The highest BCUT2D eigenvalue weighted by Crippen LogP contribution is 2.30. The molecule has 0 bridgehead atoms. The van der Waals surface area contributed by atoms with Gasteiger partial charge in [-0.2, -0.15) is 0 Å². The summed E-state index contributed by atoms with van der Waals surface area (Å²) in [5.41, 5.74) is 1.66. The van der Waals surface area contributed by atoms with Crippen LogP contribution < -0.4 is 5.32 Å². The predicted molar refractivity (Wildman–Crippen MR) is 78.9 cm³/mol. The molecule has 0 atom stereocenters. The van der Waals surface area contributed by atoms with Gasteiger partial charge in [0.05, 0.1) is 5.69 Å². The lowest BCUT2D eigenvalue weighted by Crippen LogP contribution is -2.21. The topological polar surface area (TPSA) is 24.9 Å². The Morgan fingerprint density at radius 3 is 2.68 bits per heavy atom. The van der Waals surface area contributed by atoms with Crippen LogP contribution >= 0.6 is 11.3 Å². The van der Waals surface area contributed by atoms with Gasteiger partial charge in [0.1, 0.15) is 10.8 Å². The van der Waals surface area contributed by atoms with E-state index in [1.807, 2.05) is 6.07 Å². The zero-order valence-electron chi connectivity index (χ0n) is 11.5. The van der Waals surface area contributed by atoms with E-state index in [-0.39, 0.29) is 5.82 Å². The number of hydrogen-bond acceptors (Lipinski definition) is 3. The Balaban J connectivity index is 2.31. The summed E-state index contributed by atoms with van der Waals surface area (Å²) in [6.07, 6.45) is 0.875. The summed E-state index contributed by atoms with van der Waals surface area (Å²) in [7, 11) is 0. The molecule has 0 aliphatic heterocycles. The lowest BCUT2D eigenvalue weighted by atomic mass is 10.2. The third-order valence-electron chi connectivity index (χ3n) is 2.89. The summed E-state index contributed by atoms with van der Waals surface area (Å²) < 4.78 is 13.8. The number of rotatable bonds is 5. The first-order chi connectivity index (χ1) is 9.11. The molecular weight excluding hydrogens is 259 g/mol. The summed E-state index contributed by atoms with van der Waals surface area (Å²) in [5, 5.41) is 4.17. The van der Waals surface area contributed by atoms with Crippen molar-refractivity contribution >= 4 is 11.3 Å². The highest BCUT2D eigenvalue weighted by Gasteiger charge is 2.13. The van der Waals surface area contributed by atoms with Crippen LogP contribution in [0.2, 0.25) is 0 Å². The molecule has 2 nitrogen and oxygen atoms in total. The number of hydrogen-bond donors (Lipinski definition) is 1. The largest absolute Gasteiger partial charge is 0.310 e. The predicted octanol–water partition coefficient (Wildman–Crippen LogP) is 4.01. The minimum Gasteiger partial charge on any atom is -0.310 e. The van der Waals surface area contributed by atoms with Crippen molar-refractivity contribution < 1.29 is 4.39 Å². The van der Waals surface area contributed by atoms with E-state index in [4.69, 9.17) is 0 Å². The molecule has 0 fully saturated rings. The monoisotopic (exact) mass is 278 g/mol. The van der Waals surface area contributed by atoms with Crippen molar-refractivity contribution in [1.82, 2.24) is 10.3 Å². The van der Waals surface area contributed by atoms with E-state index in [0.717, 1.165) is 23.7 Å². The number of benzene rings is 1. The van der Waals surface area contributed by atoms with Crippen molar-refractivity contribution in [3.8, 4) is 10.6 Å². The Hall–Kier alpha value is -1.26. The maximum atomic E-state index is 13.8. The van der Waals surface area contributed by atoms with Gasteiger partial charge in [0.2, 0.25) is 0 Å². The highest BCUT2D eigenvalue weighted by atomic mass is 32.1. The molecule has 0 aliphatic rings. The van der Waals surface area contributed by atoms with Gasteiger partial charge in [-0.1, -0.05) is 32.9 Å². The number of halogens is 1. The molecule has 1 aromatic carbocycles. The molecule has 2 aromatic rings. The third-order valence-corrected chi connectivity index (χ3v) is 4.02. The first kappa shape index (κ1) is 14.2. The minimum absolute atomic E-state index is 0.206. The molecule has 0 spiro atoms. The van der Waals surface area contributed by atoms with E-state index in [0.29, 0.717) is 11.6 Å². The summed E-state index contributed by atoms with van der Waals surface area (Å²) in [6.45, 7) is 7.11. The highest BCUT2D eigenvalue weighted by molar-refractivity contribution is 7.15. The number of thiazole rings is 1. The molecule has 1 aromatic heterocycles. The molecule has 0 saturated heterocycles. The minimum atomic E-state index is -0.206. The second-order valence-electron chi connectivity index (χ2n) is 4.76. The number of nitrogens with one attached hydrogen (secondary N) is 1. The first-order valence-corrected chi connectivity index (χ1v) is 7.40. The third kappa shape index (κ3) is 3.39. The lowest BCUT2D eigenvalue weighted by Gasteiger charge is -2.06. The van der Waals surface area contributed by atoms with Gasteiger partial charge >= 0.3 is 0 Å². The molecule has 0 unspecified atom stereocenters. The zero-order chi connectivity index (χ0) is 13.8. The van der Waals surface area contributed by atoms with Crippen LogP contribution in [-0.2, 0) is 13.0 Å². The van der Waals surface area contributed by atoms with Crippen molar-refractivity contribution in [2.45, 2.75) is 39.8 Å². The first-order valence-electron chi connectivity index (χ1n) is 6.58. The van der Waals surface area contributed by atoms with Gasteiger partial charge in [0.25, 0.3) is 0 Å². The molecule has 1 heterocycles. The van der Waals surface area contributed by atoms with Gasteiger partial charge in [-0.25, -0.2) is 9.37 Å². The zero-order valence-corrected chi connectivity index (χ0v) is 12.4. The van der Waals surface area contributed by atoms with Gasteiger partial charge in [0.15, 0.2) is 0 Å². The number of aryl methyl sites for hydroxylation is 1. The van der Waals surface area contributed by atoms with Gasteiger partial charge in [-0.3, -0.25) is 0 Å². The van der Waals surface area contributed by atoms with Crippen molar-refractivity contribution in [2.75, 3.05) is 0 Å². The molecule has 0 amide bonds. The van der Waals surface area contributed by atoms with Crippen molar-refractivity contribution in [3.63, 3.8) is 0 Å². The van der Waals surface area contributed by atoms with E-state index in [1.165, 1.54) is 10.9 Å². The Kier molecular flexibility index (Phi) is 4.66. The Morgan fingerprint density at radius 1 is 1.32 bits per heavy atom. The molecule has 0 aliphatic carbocycles. The second kappa shape index (κ2) is 6.26. The molecule has 19 heavy (non-hydrogen) atoms.